The van der Waals surface area contributed by atoms with E-state index >= 15 is 0 Å². The van der Waals surface area contributed by atoms with E-state index in [1.54, 1.807) is 0 Å². The van der Waals surface area contributed by atoms with E-state index in [9.17, 15) is 4.79 Å². The van der Waals surface area contributed by atoms with Gasteiger partial charge in [0.25, 0.3) is 0 Å². The molecule has 0 saturated carbocycles. The molecule has 1 rings (SSSR count). The highest BCUT2D eigenvalue weighted by molar-refractivity contribution is 5.76. The summed E-state index contributed by atoms with van der Waals surface area (Å²) in [5.41, 5.74) is 0. The Morgan fingerprint density at radius 2 is 1.65 bits per heavy atom. The van der Waals surface area contributed by atoms with Gasteiger partial charge in [0.05, 0.1) is 0 Å². The second-order valence-corrected chi connectivity index (χ2v) is 7.79. The van der Waals surface area contributed by atoms with Gasteiger partial charge in [0, 0.05) is 26.1 Å². The first-order chi connectivity index (χ1) is 11.1. The first kappa shape index (κ1) is 20.5. The Balaban J connectivity index is 2.36. The minimum absolute atomic E-state index is 0.422. The number of hydrogen-bond donors (Lipinski definition) is 0. The number of likely N-dealkylation sites (tertiary alicyclic amines) is 1. The smallest absolute Gasteiger partial charge is 0.222 e. The molecular weight excluding hydrogens is 284 g/mol. The second kappa shape index (κ2) is 11.9. The molecule has 23 heavy (non-hydrogen) atoms. The van der Waals surface area contributed by atoms with Crippen molar-refractivity contribution in [3.63, 3.8) is 0 Å². The van der Waals surface area contributed by atoms with Crippen LogP contribution in [0.4, 0.5) is 0 Å². The lowest BCUT2D eigenvalue weighted by Gasteiger charge is -2.34. The Kier molecular flexibility index (Phi) is 10.6. The van der Waals surface area contributed by atoms with Gasteiger partial charge in [-0.3, -0.25) is 4.79 Å². The van der Waals surface area contributed by atoms with Gasteiger partial charge in [-0.2, -0.15) is 0 Å². The van der Waals surface area contributed by atoms with Crippen LogP contribution in [0.25, 0.3) is 0 Å². The number of carbonyl (C=O) groups excluding carboxylic acids is 1. The quantitative estimate of drug-likeness (QED) is 0.520. The summed E-state index contributed by atoms with van der Waals surface area (Å²) in [6.07, 6.45) is 12.0. The van der Waals surface area contributed by atoms with E-state index < -0.39 is 0 Å². The zero-order valence-corrected chi connectivity index (χ0v) is 16.1. The monoisotopic (exact) mass is 324 g/mol. The maximum Gasteiger partial charge on any atom is 0.222 e. The highest BCUT2D eigenvalue weighted by Gasteiger charge is 2.24. The van der Waals surface area contributed by atoms with E-state index in [0.29, 0.717) is 11.8 Å². The lowest BCUT2D eigenvalue weighted by molar-refractivity contribution is -0.133. The summed E-state index contributed by atoms with van der Waals surface area (Å²) >= 11 is 0. The van der Waals surface area contributed by atoms with E-state index in [1.165, 1.54) is 57.8 Å². The van der Waals surface area contributed by atoms with Gasteiger partial charge >= 0.3 is 0 Å². The maximum atomic E-state index is 12.6. The number of amides is 1. The lowest BCUT2D eigenvalue weighted by atomic mass is 9.91. The highest BCUT2D eigenvalue weighted by Crippen LogP contribution is 2.24. The van der Waals surface area contributed by atoms with Crippen molar-refractivity contribution in [3.05, 3.63) is 0 Å². The average molecular weight is 325 g/mol. The van der Waals surface area contributed by atoms with Gasteiger partial charge in [0.2, 0.25) is 5.91 Å². The predicted octanol–water partition coefficient (Wildman–Crippen LogP) is 4.56. The molecule has 1 fully saturated rings. The summed E-state index contributed by atoms with van der Waals surface area (Å²) in [5, 5.41) is 0. The summed E-state index contributed by atoms with van der Waals surface area (Å²) in [4.78, 5) is 17.1. The Morgan fingerprint density at radius 1 is 1.04 bits per heavy atom. The molecule has 3 heteroatoms. The Labute approximate surface area is 144 Å². The Bertz CT molecular complexity index is 309. The molecule has 0 aromatic rings. The lowest BCUT2D eigenvalue weighted by Crippen LogP contribution is -2.41. The minimum atomic E-state index is 0.422. The third-order valence-corrected chi connectivity index (χ3v) is 5.24. The fourth-order valence-corrected chi connectivity index (χ4v) is 3.78. The van der Waals surface area contributed by atoms with Crippen molar-refractivity contribution < 1.29 is 4.79 Å². The van der Waals surface area contributed by atoms with Gasteiger partial charge in [-0.25, -0.2) is 0 Å². The summed E-state index contributed by atoms with van der Waals surface area (Å²) < 4.78 is 0. The summed E-state index contributed by atoms with van der Waals surface area (Å²) in [6, 6.07) is 0. The van der Waals surface area contributed by atoms with Gasteiger partial charge in [-0.15, -0.1) is 0 Å². The van der Waals surface area contributed by atoms with Gasteiger partial charge in [-0.05, 0) is 51.6 Å². The van der Waals surface area contributed by atoms with Crippen LogP contribution in [0.3, 0.4) is 0 Å². The zero-order valence-electron chi connectivity index (χ0n) is 16.1. The first-order valence-electron chi connectivity index (χ1n) is 9.99. The average Bonchev–Trinajstić information content (AvgIpc) is 2.52. The van der Waals surface area contributed by atoms with Crippen LogP contribution in [-0.4, -0.2) is 49.4 Å². The molecule has 1 amide bonds. The van der Waals surface area contributed by atoms with Crippen LogP contribution in [-0.2, 0) is 4.79 Å². The van der Waals surface area contributed by atoms with Gasteiger partial charge in [-0.1, -0.05) is 46.0 Å². The molecule has 1 aliphatic rings. The van der Waals surface area contributed by atoms with Crippen molar-refractivity contribution in [3.8, 4) is 0 Å². The molecule has 0 spiro atoms. The Hall–Kier alpha value is -0.570. The second-order valence-electron chi connectivity index (χ2n) is 7.79. The van der Waals surface area contributed by atoms with E-state index in [0.717, 1.165) is 32.0 Å². The van der Waals surface area contributed by atoms with Crippen LogP contribution in [0.1, 0.15) is 78.1 Å². The molecule has 0 bridgehead atoms. The number of piperidine rings is 1. The van der Waals surface area contributed by atoms with Crippen molar-refractivity contribution in [1.29, 1.82) is 0 Å². The van der Waals surface area contributed by atoms with Gasteiger partial charge in [0.1, 0.15) is 0 Å². The zero-order chi connectivity index (χ0) is 17.1. The van der Waals surface area contributed by atoms with E-state index in [-0.39, 0.29) is 0 Å². The molecule has 0 aromatic carbocycles. The molecule has 1 unspecified atom stereocenters. The standard InChI is InChI=1S/C20H40N2O/c1-5-7-9-11-18(10-8-6-2)16-20(23)22-14-12-19(13-15-22)17-21(3)4/h18-19H,5-17H2,1-4H3. The largest absolute Gasteiger partial charge is 0.343 e. The molecule has 1 aliphatic heterocycles. The molecule has 0 radical (unpaired) electrons. The van der Waals surface area contributed by atoms with Crippen molar-refractivity contribution >= 4 is 5.91 Å². The van der Waals surface area contributed by atoms with Crippen molar-refractivity contribution in [1.82, 2.24) is 9.80 Å². The number of rotatable bonds is 11. The van der Waals surface area contributed by atoms with Crippen molar-refractivity contribution in [2.24, 2.45) is 11.8 Å². The van der Waals surface area contributed by atoms with E-state index in [2.05, 4.69) is 37.7 Å². The molecule has 1 heterocycles. The molecule has 0 aliphatic carbocycles. The van der Waals surface area contributed by atoms with Crippen molar-refractivity contribution in [2.45, 2.75) is 78.1 Å². The van der Waals surface area contributed by atoms with Crippen LogP contribution < -0.4 is 0 Å². The molecule has 0 N–H and O–H groups in total. The number of carbonyl (C=O) groups is 1. The Morgan fingerprint density at radius 3 is 2.22 bits per heavy atom. The number of nitrogens with zero attached hydrogens (tertiary/aromatic N) is 2. The highest BCUT2D eigenvalue weighted by atomic mass is 16.2. The first-order valence-corrected chi connectivity index (χ1v) is 9.99. The maximum absolute atomic E-state index is 12.6. The molecular formula is C20H40N2O. The number of unbranched alkanes of at least 4 members (excludes halogenated alkanes) is 3. The minimum Gasteiger partial charge on any atom is -0.343 e. The van der Waals surface area contributed by atoms with Crippen LogP contribution >= 0.6 is 0 Å². The van der Waals surface area contributed by atoms with Crippen LogP contribution in [0.5, 0.6) is 0 Å². The van der Waals surface area contributed by atoms with Gasteiger partial charge < -0.3 is 9.80 Å². The molecule has 0 aromatic heterocycles. The topological polar surface area (TPSA) is 23.6 Å². The third-order valence-electron chi connectivity index (χ3n) is 5.24. The summed E-state index contributed by atoms with van der Waals surface area (Å²) in [6.45, 7) is 7.63. The van der Waals surface area contributed by atoms with Gasteiger partial charge in [0.15, 0.2) is 0 Å². The molecule has 136 valence electrons. The third kappa shape index (κ3) is 8.74. The predicted molar refractivity (Wildman–Crippen MR) is 99.6 cm³/mol. The normalized spacial score (nSPS) is 17.7. The fraction of sp³-hybridized carbons (Fsp3) is 0.950. The van der Waals surface area contributed by atoms with Crippen LogP contribution in [0.2, 0.25) is 0 Å². The SMILES string of the molecule is CCCCCC(CCCC)CC(=O)N1CCC(CN(C)C)CC1. The van der Waals surface area contributed by atoms with Crippen molar-refractivity contribution in [2.75, 3.05) is 33.7 Å². The molecule has 1 atom stereocenters. The van der Waals surface area contributed by atoms with E-state index in [1.807, 2.05) is 0 Å². The van der Waals surface area contributed by atoms with Crippen LogP contribution in [0.15, 0.2) is 0 Å². The van der Waals surface area contributed by atoms with Crippen LogP contribution in [0, 0.1) is 11.8 Å². The molecule has 1 saturated heterocycles. The summed E-state index contributed by atoms with van der Waals surface area (Å²) in [5.74, 6) is 1.81. The van der Waals surface area contributed by atoms with E-state index in [4.69, 9.17) is 0 Å². The number of hydrogen-bond acceptors (Lipinski definition) is 2. The molecule has 3 nitrogen and oxygen atoms in total. The summed E-state index contributed by atoms with van der Waals surface area (Å²) in [7, 11) is 4.29. The fourth-order valence-electron chi connectivity index (χ4n) is 3.78.